The van der Waals surface area contributed by atoms with E-state index in [1.807, 2.05) is 54.6 Å². The molecule has 0 bridgehead atoms. The third-order valence-electron chi connectivity index (χ3n) is 3.29. The Morgan fingerprint density at radius 2 is 1.71 bits per heavy atom. The van der Waals surface area contributed by atoms with Crippen LogP contribution in [0.15, 0.2) is 61.2 Å². The Labute approximate surface area is 127 Å². The van der Waals surface area contributed by atoms with Gasteiger partial charge in [-0.05, 0) is 17.2 Å². The van der Waals surface area contributed by atoms with Crippen LogP contribution in [0.1, 0.15) is 11.1 Å². The fraction of sp³-hybridized carbons (Fsp3) is 0.176. The molecule has 0 aromatic heterocycles. The van der Waals surface area contributed by atoms with Crippen molar-refractivity contribution in [1.29, 1.82) is 0 Å². The SMILES string of the molecule is C=Cc1cccc([Si](OC)(OC)OCc2ccccc2)c1. The molecule has 0 aliphatic rings. The van der Waals surface area contributed by atoms with Crippen LogP contribution in [-0.4, -0.2) is 23.0 Å². The lowest BCUT2D eigenvalue weighted by Crippen LogP contribution is -2.55. The average molecular weight is 300 g/mol. The first-order chi connectivity index (χ1) is 10.2. The van der Waals surface area contributed by atoms with Crippen LogP contribution >= 0.6 is 0 Å². The van der Waals surface area contributed by atoms with E-state index in [4.69, 9.17) is 13.3 Å². The number of hydrogen-bond donors (Lipinski definition) is 0. The molecule has 0 aliphatic carbocycles. The highest BCUT2D eigenvalue weighted by atomic mass is 28.4. The van der Waals surface area contributed by atoms with Gasteiger partial charge in [0.25, 0.3) is 0 Å². The highest BCUT2D eigenvalue weighted by molar-refractivity contribution is 6.75. The fourth-order valence-electron chi connectivity index (χ4n) is 2.13. The van der Waals surface area contributed by atoms with Crippen molar-refractivity contribution in [3.63, 3.8) is 0 Å². The first-order valence-corrected chi connectivity index (χ1v) is 8.47. The molecule has 0 spiro atoms. The van der Waals surface area contributed by atoms with Crippen molar-refractivity contribution in [3.8, 4) is 0 Å². The van der Waals surface area contributed by atoms with E-state index in [0.717, 1.165) is 16.3 Å². The summed E-state index contributed by atoms with van der Waals surface area (Å²) < 4.78 is 17.4. The molecule has 0 fully saturated rings. The number of benzene rings is 2. The molecule has 0 aliphatic heterocycles. The summed E-state index contributed by atoms with van der Waals surface area (Å²) in [5.41, 5.74) is 2.10. The van der Waals surface area contributed by atoms with E-state index in [0.29, 0.717) is 6.61 Å². The van der Waals surface area contributed by atoms with Gasteiger partial charge in [0.2, 0.25) is 0 Å². The number of rotatable bonds is 7. The van der Waals surface area contributed by atoms with E-state index >= 15 is 0 Å². The summed E-state index contributed by atoms with van der Waals surface area (Å²) >= 11 is 0. The topological polar surface area (TPSA) is 27.7 Å². The van der Waals surface area contributed by atoms with Crippen LogP contribution in [-0.2, 0) is 19.9 Å². The van der Waals surface area contributed by atoms with Gasteiger partial charge in [0.05, 0.1) is 6.61 Å². The minimum absolute atomic E-state index is 0.451. The second-order valence-corrected chi connectivity index (χ2v) is 7.36. The minimum atomic E-state index is -2.90. The van der Waals surface area contributed by atoms with E-state index in [-0.39, 0.29) is 0 Å². The highest BCUT2D eigenvalue weighted by Gasteiger charge is 2.42. The van der Waals surface area contributed by atoms with E-state index < -0.39 is 8.80 Å². The molecule has 0 saturated heterocycles. The van der Waals surface area contributed by atoms with Gasteiger partial charge in [0, 0.05) is 19.4 Å². The first-order valence-electron chi connectivity index (χ1n) is 6.75. The summed E-state index contributed by atoms with van der Waals surface area (Å²) in [6.45, 7) is 4.24. The van der Waals surface area contributed by atoms with Crippen molar-refractivity contribution < 1.29 is 13.3 Å². The molecule has 2 aromatic rings. The van der Waals surface area contributed by atoms with Gasteiger partial charge in [-0.25, -0.2) is 0 Å². The first kappa shape index (κ1) is 15.7. The minimum Gasteiger partial charge on any atom is -0.373 e. The van der Waals surface area contributed by atoms with Crippen LogP contribution in [0.2, 0.25) is 0 Å². The van der Waals surface area contributed by atoms with E-state index in [9.17, 15) is 0 Å². The normalized spacial score (nSPS) is 11.3. The lowest BCUT2D eigenvalue weighted by molar-refractivity contribution is 0.107. The number of hydrogen-bond acceptors (Lipinski definition) is 3. The molecule has 0 atom stereocenters. The monoisotopic (exact) mass is 300 g/mol. The quantitative estimate of drug-likeness (QED) is 0.736. The Kier molecular flexibility index (Phi) is 5.47. The molecule has 4 heteroatoms. The van der Waals surface area contributed by atoms with Crippen molar-refractivity contribution >= 4 is 20.1 Å². The molecule has 2 aromatic carbocycles. The summed E-state index contributed by atoms with van der Waals surface area (Å²) in [4.78, 5) is 0. The van der Waals surface area contributed by atoms with Crippen molar-refractivity contribution in [2.24, 2.45) is 0 Å². The maximum absolute atomic E-state index is 6.06. The Bertz CT molecular complexity index is 580. The summed E-state index contributed by atoms with van der Waals surface area (Å²) in [5, 5.41) is 0.931. The Balaban J connectivity index is 2.24. The zero-order valence-corrected chi connectivity index (χ0v) is 13.4. The molecule has 0 radical (unpaired) electrons. The lowest BCUT2D eigenvalue weighted by atomic mass is 10.2. The standard InChI is InChI=1S/C17H20O3Si/c1-4-15-11-8-12-17(13-15)21(18-2,19-3)20-14-16-9-6-5-7-10-16/h4-13H,1,14H2,2-3H3. The van der Waals surface area contributed by atoms with Crippen molar-refractivity contribution in [2.75, 3.05) is 14.2 Å². The van der Waals surface area contributed by atoms with Crippen LogP contribution in [0.3, 0.4) is 0 Å². The molecule has 0 unspecified atom stereocenters. The van der Waals surface area contributed by atoms with Gasteiger partial charge in [-0.15, -0.1) is 0 Å². The maximum Gasteiger partial charge on any atom is 0.536 e. The smallest absolute Gasteiger partial charge is 0.373 e. The van der Waals surface area contributed by atoms with Crippen LogP contribution in [0, 0.1) is 0 Å². The van der Waals surface area contributed by atoms with Gasteiger partial charge >= 0.3 is 8.80 Å². The summed E-state index contributed by atoms with van der Waals surface area (Å²) in [6.07, 6.45) is 1.80. The van der Waals surface area contributed by atoms with Gasteiger partial charge in [-0.1, -0.05) is 61.2 Å². The predicted octanol–water partition coefficient (Wildman–Crippen LogP) is 2.99. The van der Waals surface area contributed by atoms with Gasteiger partial charge in [0.15, 0.2) is 0 Å². The maximum atomic E-state index is 6.06. The van der Waals surface area contributed by atoms with Gasteiger partial charge in [-0.3, -0.25) is 0 Å². The third kappa shape index (κ3) is 3.68. The second kappa shape index (κ2) is 7.33. The zero-order valence-electron chi connectivity index (χ0n) is 12.4. The fourth-order valence-corrected chi connectivity index (χ4v) is 4.17. The van der Waals surface area contributed by atoms with Crippen molar-refractivity contribution in [3.05, 3.63) is 72.3 Å². The molecular weight excluding hydrogens is 280 g/mol. The largest absolute Gasteiger partial charge is 0.536 e. The van der Waals surface area contributed by atoms with Crippen LogP contribution in [0.4, 0.5) is 0 Å². The molecule has 2 rings (SSSR count). The Morgan fingerprint density at radius 3 is 2.33 bits per heavy atom. The third-order valence-corrected chi connectivity index (χ3v) is 5.90. The molecule has 110 valence electrons. The molecular formula is C17H20O3Si. The van der Waals surface area contributed by atoms with Gasteiger partial charge in [0.1, 0.15) is 0 Å². The van der Waals surface area contributed by atoms with E-state index in [2.05, 4.69) is 6.58 Å². The predicted molar refractivity (Wildman–Crippen MR) is 87.2 cm³/mol. The van der Waals surface area contributed by atoms with Crippen molar-refractivity contribution in [1.82, 2.24) is 0 Å². The molecule has 0 saturated carbocycles. The summed E-state index contributed by atoms with van der Waals surface area (Å²) in [6, 6.07) is 17.9. The Morgan fingerprint density at radius 1 is 1.00 bits per heavy atom. The molecule has 0 heterocycles. The molecule has 0 N–H and O–H groups in total. The Hall–Kier alpha value is -1.72. The molecule has 3 nitrogen and oxygen atoms in total. The summed E-state index contributed by atoms with van der Waals surface area (Å²) in [7, 11) is 0.355. The van der Waals surface area contributed by atoms with Crippen molar-refractivity contribution in [2.45, 2.75) is 6.61 Å². The highest BCUT2D eigenvalue weighted by Crippen LogP contribution is 2.13. The van der Waals surface area contributed by atoms with Crippen LogP contribution < -0.4 is 5.19 Å². The second-order valence-electron chi connectivity index (χ2n) is 4.57. The van der Waals surface area contributed by atoms with E-state index in [1.54, 1.807) is 20.3 Å². The van der Waals surface area contributed by atoms with Gasteiger partial charge in [-0.2, -0.15) is 0 Å². The van der Waals surface area contributed by atoms with Crippen LogP contribution in [0.25, 0.3) is 6.08 Å². The lowest BCUT2D eigenvalue weighted by Gasteiger charge is -2.27. The summed E-state index contributed by atoms with van der Waals surface area (Å²) in [5.74, 6) is 0. The van der Waals surface area contributed by atoms with E-state index in [1.165, 1.54) is 0 Å². The zero-order chi connectivity index (χ0) is 15.1. The molecule has 0 amide bonds. The average Bonchev–Trinajstić information content (AvgIpc) is 2.57. The van der Waals surface area contributed by atoms with Crippen LogP contribution in [0.5, 0.6) is 0 Å². The van der Waals surface area contributed by atoms with Gasteiger partial charge < -0.3 is 13.3 Å². The molecule has 21 heavy (non-hydrogen) atoms.